The normalized spacial score (nSPS) is 11.3. The Labute approximate surface area is 147 Å². The highest BCUT2D eigenvalue weighted by Crippen LogP contribution is 2.33. The average molecular weight is 377 g/mol. The van der Waals surface area contributed by atoms with Crippen LogP contribution in [0.15, 0.2) is 24.3 Å². The van der Waals surface area contributed by atoms with Gasteiger partial charge in [-0.15, -0.1) is 0 Å². The van der Waals surface area contributed by atoms with E-state index in [9.17, 15) is 13.2 Å². The fraction of sp³-hybridized carbons (Fsp3) is 0.333. The molecule has 0 aliphatic heterocycles. The highest BCUT2D eigenvalue weighted by atomic mass is 35.5. The number of aliphatic hydroxyl groups is 1. The van der Waals surface area contributed by atoms with Gasteiger partial charge in [0.05, 0.1) is 12.8 Å². The summed E-state index contributed by atoms with van der Waals surface area (Å²) in [5.74, 6) is 0.118. The zero-order chi connectivity index (χ0) is 18.4. The largest absolute Gasteiger partial charge is 0.495 e. The molecule has 0 bridgehead atoms. The van der Waals surface area contributed by atoms with Crippen molar-refractivity contribution in [1.29, 1.82) is 0 Å². The molecule has 0 atom stereocenters. The molecule has 2 rings (SSSR count). The summed E-state index contributed by atoms with van der Waals surface area (Å²) < 4.78 is 44.3. The Morgan fingerprint density at radius 3 is 2.64 bits per heavy atom. The van der Waals surface area contributed by atoms with Crippen molar-refractivity contribution in [2.75, 3.05) is 30.9 Å². The summed E-state index contributed by atoms with van der Waals surface area (Å²) in [5.41, 5.74) is -0.736. The fourth-order valence-corrected chi connectivity index (χ4v) is 2.10. The lowest BCUT2D eigenvalue weighted by atomic mass is 10.3. The number of rotatable bonds is 7. The van der Waals surface area contributed by atoms with Crippen LogP contribution in [0.2, 0.25) is 5.02 Å². The predicted octanol–water partition coefficient (Wildman–Crippen LogP) is 3.70. The van der Waals surface area contributed by atoms with Crippen LogP contribution >= 0.6 is 11.6 Å². The molecule has 0 fully saturated rings. The molecule has 136 valence electrons. The number of alkyl halides is 3. The van der Waals surface area contributed by atoms with Crippen molar-refractivity contribution in [3.05, 3.63) is 35.0 Å². The van der Waals surface area contributed by atoms with Gasteiger partial charge in [-0.1, -0.05) is 11.6 Å². The van der Waals surface area contributed by atoms with Crippen LogP contribution in [-0.2, 0) is 6.18 Å². The number of anilines is 3. The molecule has 0 amide bonds. The highest BCUT2D eigenvalue weighted by Gasteiger charge is 2.33. The van der Waals surface area contributed by atoms with Crippen LogP contribution in [0.1, 0.15) is 12.1 Å². The average Bonchev–Trinajstić information content (AvgIpc) is 2.54. The van der Waals surface area contributed by atoms with E-state index in [2.05, 4.69) is 20.6 Å². The monoisotopic (exact) mass is 376 g/mol. The maximum absolute atomic E-state index is 13.1. The second kappa shape index (κ2) is 8.21. The van der Waals surface area contributed by atoms with Gasteiger partial charge in [0.1, 0.15) is 11.6 Å². The van der Waals surface area contributed by atoms with Crippen molar-refractivity contribution in [1.82, 2.24) is 9.97 Å². The van der Waals surface area contributed by atoms with Crippen molar-refractivity contribution >= 4 is 29.1 Å². The number of nitrogens with one attached hydrogen (secondary N) is 2. The number of aromatic nitrogens is 2. The molecular weight excluding hydrogens is 361 g/mol. The molecule has 25 heavy (non-hydrogen) atoms. The predicted molar refractivity (Wildman–Crippen MR) is 88.5 cm³/mol. The van der Waals surface area contributed by atoms with Crippen LogP contribution < -0.4 is 15.4 Å². The van der Waals surface area contributed by atoms with Gasteiger partial charge in [-0.25, -0.2) is 4.98 Å². The third kappa shape index (κ3) is 5.36. The Hall–Kier alpha value is -2.26. The standard InChI is InChI=1S/C15H16ClF3N4O2/c1-25-11-4-3-9(16)7-10(11)21-13-8-12(15(17,18)19)22-14(23-13)20-5-2-6-24/h3-4,7-8,24H,2,5-6H2,1H3,(H2,20,21,22,23). The molecule has 0 radical (unpaired) electrons. The zero-order valence-corrected chi connectivity index (χ0v) is 13.9. The minimum atomic E-state index is -4.63. The number of ether oxygens (including phenoxy) is 1. The van der Waals surface area contributed by atoms with Gasteiger partial charge in [0.2, 0.25) is 5.95 Å². The Bertz CT molecular complexity index is 728. The molecule has 0 spiro atoms. The van der Waals surface area contributed by atoms with E-state index in [0.717, 1.165) is 6.07 Å². The maximum Gasteiger partial charge on any atom is 0.433 e. The van der Waals surface area contributed by atoms with Gasteiger partial charge in [-0.05, 0) is 24.6 Å². The van der Waals surface area contributed by atoms with Crippen LogP contribution in [0.3, 0.4) is 0 Å². The van der Waals surface area contributed by atoms with E-state index < -0.39 is 11.9 Å². The summed E-state index contributed by atoms with van der Waals surface area (Å²) in [7, 11) is 1.43. The van der Waals surface area contributed by atoms with E-state index in [-0.39, 0.29) is 24.9 Å². The van der Waals surface area contributed by atoms with E-state index in [4.69, 9.17) is 21.4 Å². The molecule has 0 unspecified atom stereocenters. The van der Waals surface area contributed by atoms with Gasteiger partial charge in [-0.3, -0.25) is 0 Å². The van der Waals surface area contributed by atoms with Crippen LogP contribution in [0.25, 0.3) is 0 Å². The molecule has 1 aromatic carbocycles. The summed E-state index contributed by atoms with van der Waals surface area (Å²) in [5, 5.41) is 14.5. The van der Waals surface area contributed by atoms with Crippen molar-refractivity contribution in [2.24, 2.45) is 0 Å². The Morgan fingerprint density at radius 1 is 1.24 bits per heavy atom. The molecule has 0 aliphatic rings. The Balaban J connectivity index is 2.35. The molecule has 1 heterocycles. The van der Waals surface area contributed by atoms with Crippen molar-refractivity contribution < 1.29 is 23.0 Å². The van der Waals surface area contributed by atoms with E-state index in [1.807, 2.05) is 0 Å². The Morgan fingerprint density at radius 2 is 2.00 bits per heavy atom. The van der Waals surface area contributed by atoms with Crippen LogP contribution in [0.5, 0.6) is 5.75 Å². The molecule has 2 aromatic rings. The third-order valence-electron chi connectivity index (χ3n) is 3.06. The molecule has 0 aliphatic carbocycles. The van der Waals surface area contributed by atoms with Crippen LogP contribution in [0.4, 0.5) is 30.6 Å². The van der Waals surface area contributed by atoms with Crippen molar-refractivity contribution in [2.45, 2.75) is 12.6 Å². The van der Waals surface area contributed by atoms with E-state index >= 15 is 0 Å². The number of benzene rings is 1. The fourth-order valence-electron chi connectivity index (χ4n) is 1.93. The molecule has 1 aromatic heterocycles. The van der Waals surface area contributed by atoms with Gasteiger partial charge < -0.3 is 20.5 Å². The van der Waals surface area contributed by atoms with Gasteiger partial charge in [0.15, 0.2) is 5.69 Å². The van der Waals surface area contributed by atoms with Crippen LogP contribution in [0, 0.1) is 0 Å². The van der Waals surface area contributed by atoms with E-state index in [1.54, 1.807) is 12.1 Å². The third-order valence-corrected chi connectivity index (χ3v) is 3.29. The second-order valence-electron chi connectivity index (χ2n) is 4.93. The maximum atomic E-state index is 13.1. The number of nitrogens with zero attached hydrogens (tertiary/aromatic N) is 2. The van der Waals surface area contributed by atoms with E-state index in [1.165, 1.54) is 13.2 Å². The van der Waals surface area contributed by atoms with E-state index in [0.29, 0.717) is 22.9 Å². The van der Waals surface area contributed by atoms with Crippen molar-refractivity contribution in [3.63, 3.8) is 0 Å². The summed E-state index contributed by atoms with van der Waals surface area (Å²) in [4.78, 5) is 7.46. The zero-order valence-electron chi connectivity index (χ0n) is 13.2. The Kier molecular flexibility index (Phi) is 6.27. The first-order valence-corrected chi connectivity index (χ1v) is 7.63. The molecule has 3 N–H and O–H groups in total. The number of hydrogen-bond acceptors (Lipinski definition) is 6. The number of halogens is 4. The molecule has 0 saturated heterocycles. The summed E-state index contributed by atoms with van der Waals surface area (Å²) in [6.07, 6.45) is -4.28. The minimum absolute atomic E-state index is 0.0746. The second-order valence-corrected chi connectivity index (χ2v) is 5.37. The first-order chi connectivity index (χ1) is 11.8. The summed E-state index contributed by atoms with van der Waals surface area (Å²) in [6, 6.07) is 5.47. The summed E-state index contributed by atoms with van der Waals surface area (Å²) in [6.45, 7) is 0.133. The SMILES string of the molecule is COc1ccc(Cl)cc1Nc1cc(C(F)(F)F)nc(NCCCO)n1. The molecule has 0 saturated carbocycles. The number of aliphatic hydroxyl groups excluding tert-OH is 1. The lowest BCUT2D eigenvalue weighted by Crippen LogP contribution is -2.14. The quantitative estimate of drug-likeness (QED) is 0.639. The lowest BCUT2D eigenvalue weighted by molar-refractivity contribution is -0.141. The van der Waals surface area contributed by atoms with Gasteiger partial charge in [-0.2, -0.15) is 18.2 Å². The lowest BCUT2D eigenvalue weighted by Gasteiger charge is -2.14. The van der Waals surface area contributed by atoms with Gasteiger partial charge >= 0.3 is 6.18 Å². The highest BCUT2D eigenvalue weighted by molar-refractivity contribution is 6.31. The smallest absolute Gasteiger partial charge is 0.433 e. The molecule has 10 heteroatoms. The van der Waals surface area contributed by atoms with Crippen LogP contribution in [-0.4, -0.2) is 35.3 Å². The van der Waals surface area contributed by atoms with Crippen molar-refractivity contribution in [3.8, 4) is 5.75 Å². The molecular formula is C15H16ClF3N4O2. The first kappa shape index (κ1) is 19.1. The topological polar surface area (TPSA) is 79.3 Å². The molecule has 6 nitrogen and oxygen atoms in total. The summed E-state index contributed by atoms with van der Waals surface area (Å²) >= 11 is 5.92. The number of methoxy groups -OCH3 is 1. The minimum Gasteiger partial charge on any atom is -0.495 e. The number of hydrogen-bond donors (Lipinski definition) is 3. The van der Waals surface area contributed by atoms with Gasteiger partial charge in [0.25, 0.3) is 0 Å². The first-order valence-electron chi connectivity index (χ1n) is 7.25. The van der Waals surface area contributed by atoms with Gasteiger partial charge in [0, 0.05) is 24.2 Å².